The van der Waals surface area contributed by atoms with E-state index in [4.69, 9.17) is 16.3 Å². The lowest BCUT2D eigenvalue weighted by Gasteiger charge is -2.35. The van der Waals surface area contributed by atoms with Crippen molar-refractivity contribution in [3.05, 3.63) is 36.2 Å². The average Bonchev–Trinajstić information content (AvgIpc) is 3.58. The van der Waals surface area contributed by atoms with Gasteiger partial charge in [-0.15, -0.1) is 16.7 Å². The number of amides is 2. The molecule has 2 aromatic rings. The summed E-state index contributed by atoms with van der Waals surface area (Å²) in [5.41, 5.74) is 1.03. The van der Waals surface area contributed by atoms with Crippen LogP contribution in [0.4, 0.5) is 0 Å². The zero-order valence-corrected chi connectivity index (χ0v) is 19.6. The number of Topliss-reactive ketones (excluding diaryl/α,β-unsaturated/α-hetero) is 1. The van der Waals surface area contributed by atoms with Gasteiger partial charge in [0.15, 0.2) is 5.78 Å². The maximum Gasteiger partial charge on any atom is 0.252 e. The van der Waals surface area contributed by atoms with Crippen LogP contribution in [-0.4, -0.2) is 79.4 Å². The molecule has 34 heavy (non-hydrogen) atoms. The number of halogens is 1. The Balaban J connectivity index is 1.39. The van der Waals surface area contributed by atoms with Crippen molar-refractivity contribution in [3.8, 4) is 5.69 Å². The Morgan fingerprint density at radius 2 is 2.03 bits per heavy atom. The highest BCUT2D eigenvalue weighted by Crippen LogP contribution is 2.35. The maximum absolute atomic E-state index is 13.8. The third kappa shape index (κ3) is 4.32. The van der Waals surface area contributed by atoms with Gasteiger partial charge in [0.2, 0.25) is 5.91 Å². The van der Waals surface area contributed by atoms with Gasteiger partial charge in [0.05, 0.1) is 11.1 Å². The second-order valence-corrected chi connectivity index (χ2v) is 10.0. The summed E-state index contributed by atoms with van der Waals surface area (Å²) in [6.07, 6.45) is 4.60. The first kappa shape index (κ1) is 22.9. The Labute approximate surface area is 202 Å². The monoisotopic (exact) mass is 486 g/mol. The normalized spacial score (nSPS) is 29.6. The van der Waals surface area contributed by atoms with E-state index in [0.717, 1.165) is 25.7 Å². The number of nitrogens with one attached hydrogen (secondary N) is 1. The summed E-state index contributed by atoms with van der Waals surface area (Å²) < 4.78 is 7.00. The van der Waals surface area contributed by atoms with Crippen LogP contribution in [0.25, 0.3) is 5.69 Å². The fraction of sp³-hybridized carbons (Fsp3) is 0.565. The first-order valence-corrected chi connectivity index (χ1v) is 12.1. The van der Waals surface area contributed by atoms with Crippen molar-refractivity contribution in [1.29, 1.82) is 0 Å². The molecule has 180 valence electrons. The molecule has 3 fully saturated rings. The Bertz CT molecular complexity index is 1070. The molecule has 3 heterocycles. The molecule has 2 aliphatic heterocycles. The first-order valence-electron chi connectivity index (χ1n) is 11.7. The van der Waals surface area contributed by atoms with E-state index in [-0.39, 0.29) is 36.7 Å². The molecule has 1 aromatic carbocycles. The molecular weight excluding hydrogens is 460 g/mol. The van der Waals surface area contributed by atoms with Crippen LogP contribution < -0.4 is 5.32 Å². The summed E-state index contributed by atoms with van der Waals surface area (Å²) in [7, 11) is 0. The number of rotatable bonds is 5. The van der Waals surface area contributed by atoms with Gasteiger partial charge in [0, 0.05) is 12.1 Å². The number of carbonyl (C=O) groups is 3. The Hall–Kier alpha value is -2.85. The highest BCUT2D eigenvalue weighted by atomic mass is 35.5. The standard InChI is InChI=1S/C23H27ClN6O4/c1-13-5-7-14(8-6-13)19(23(33)29-10-17(24)21-20(29)18(31)11-34-21)26-22(32)15-3-2-4-16(9-15)30-12-25-27-28-30/h2-4,9,12-14,17,19-21H,5-8,10-11H2,1H3,(H,26,32)/t13-,14-,17-,19?,20+,21+/m0/s1. The largest absolute Gasteiger partial charge is 0.366 e. The second kappa shape index (κ2) is 9.42. The van der Waals surface area contributed by atoms with Gasteiger partial charge in [0.1, 0.15) is 31.1 Å². The number of likely N-dealkylation sites (tertiary alicyclic amines) is 1. The molecule has 1 aliphatic carbocycles. The summed E-state index contributed by atoms with van der Waals surface area (Å²) in [5.74, 6) is -0.192. The van der Waals surface area contributed by atoms with E-state index in [1.54, 1.807) is 24.3 Å². The predicted octanol–water partition coefficient (Wildman–Crippen LogP) is 1.37. The van der Waals surface area contributed by atoms with Crippen LogP contribution in [0.15, 0.2) is 30.6 Å². The van der Waals surface area contributed by atoms with Crippen molar-refractivity contribution in [2.24, 2.45) is 11.8 Å². The third-order valence-electron chi connectivity index (χ3n) is 7.21. The van der Waals surface area contributed by atoms with Crippen molar-refractivity contribution < 1.29 is 19.1 Å². The Morgan fingerprint density at radius 3 is 2.76 bits per heavy atom. The highest BCUT2D eigenvalue weighted by molar-refractivity contribution is 6.22. The van der Waals surface area contributed by atoms with E-state index in [1.807, 2.05) is 0 Å². The van der Waals surface area contributed by atoms with Gasteiger partial charge >= 0.3 is 0 Å². The summed E-state index contributed by atoms with van der Waals surface area (Å²) in [6, 6.07) is 5.46. The summed E-state index contributed by atoms with van der Waals surface area (Å²) in [5, 5.41) is 13.7. The molecule has 2 saturated heterocycles. The lowest BCUT2D eigenvalue weighted by Crippen LogP contribution is -2.55. The van der Waals surface area contributed by atoms with Crippen LogP contribution in [0.3, 0.4) is 0 Å². The van der Waals surface area contributed by atoms with Crippen molar-refractivity contribution in [2.75, 3.05) is 13.2 Å². The molecule has 2 amide bonds. The van der Waals surface area contributed by atoms with E-state index in [1.165, 1.54) is 15.9 Å². The van der Waals surface area contributed by atoms with E-state index in [9.17, 15) is 14.4 Å². The molecule has 10 nitrogen and oxygen atoms in total. The number of fused-ring (bicyclic) bond motifs is 1. The molecule has 1 N–H and O–H groups in total. The Morgan fingerprint density at radius 1 is 1.24 bits per heavy atom. The molecule has 4 atom stereocenters. The minimum absolute atomic E-state index is 0.0133. The van der Waals surface area contributed by atoms with Gasteiger partial charge in [-0.3, -0.25) is 14.4 Å². The SMILES string of the molecule is C[C@H]1CC[C@H](C(NC(=O)c2cccc(-n3cnnn3)c2)C(=O)N2C[C@H](Cl)[C@H]3OCC(=O)[C@H]32)CC1. The van der Waals surface area contributed by atoms with Crippen LogP contribution in [0.5, 0.6) is 0 Å². The van der Waals surface area contributed by atoms with Gasteiger partial charge in [0.25, 0.3) is 5.91 Å². The number of hydrogen-bond acceptors (Lipinski definition) is 7. The molecule has 1 unspecified atom stereocenters. The van der Waals surface area contributed by atoms with Crippen LogP contribution in [0.2, 0.25) is 0 Å². The quantitative estimate of drug-likeness (QED) is 0.634. The number of ketones is 1. The average molecular weight is 487 g/mol. The molecule has 5 rings (SSSR count). The maximum atomic E-state index is 13.8. The van der Waals surface area contributed by atoms with Crippen molar-refractivity contribution >= 4 is 29.2 Å². The van der Waals surface area contributed by atoms with Crippen LogP contribution in [0, 0.1) is 11.8 Å². The van der Waals surface area contributed by atoms with E-state index < -0.39 is 23.6 Å². The zero-order chi connectivity index (χ0) is 23.8. The Kier molecular flexibility index (Phi) is 6.35. The van der Waals surface area contributed by atoms with Crippen molar-refractivity contribution in [2.45, 2.75) is 56.2 Å². The summed E-state index contributed by atoms with van der Waals surface area (Å²) in [4.78, 5) is 41.1. The van der Waals surface area contributed by atoms with Crippen LogP contribution in [-0.2, 0) is 14.3 Å². The lowest BCUT2D eigenvalue weighted by atomic mass is 9.78. The van der Waals surface area contributed by atoms with Crippen LogP contribution >= 0.6 is 11.6 Å². The smallest absolute Gasteiger partial charge is 0.252 e. The summed E-state index contributed by atoms with van der Waals surface area (Å²) in [6.45, 7) is 2.39. The number of benzene rings is 1. The first-order chi connectivity index (χ1) is 16.4. The number of hydrogen-bond donors (Lipinski definition) is 1. The molecule has 1 saturated carbocycles. The van der Waals surface area contributed by atoms with E-state index >= 15 is 0 Å². The molecule has 0 radical (unpaired) electrons. The molecule has 0 bridgehead atoms. The van der Waals surface area contributed by atoms with Gasteiger partial charge < -0.3 is 15.0 Å². The lowest BCUT2D eigenvalue weighted by molar-refractivity contribution is -0.139. The number of alkyl halides is 1. The van der Waals surface area contributed by atoms with Crippen molar-refractivity contribution in [3.63, 3.8) is 0 Å². The highest BCUT2D eigenvalue weighted by Gasteiger charge is 2.53. The van der Waals surface area contributed by atoms with Crippen LogP contribution in [0.1, 0.15) is 43.0 Å². The van der Waals surface area contributed by atoms with Gasteiger partial charge in [-0.2, -0.15) is 0 Å². The predicted molar refractivity (Wildman–Crippen MR) is 121 cm³/mol. The minimum atomic E-state index is -0.743. The summed E-state index contributed by atoms with van der Waals surface area (Å²) >= 11 is 6.42. The van der Waals surface area contributed by atoms with Crippen molar-refractivity contribution in [1.82, 2.24) is 30.4 Å². The number of aromatic nitrogens is 4. The molecule has 11 heteroatoms. The number of tetrazole rings is 1. The fourth-order valence-electron chi connectivity index (χ4n) is 5.30. The van der Waals surface area contributed by atoms with Gasteiger partial charge in [-0.25, -0.2) is 4.68 Å². The zero-order valence-electron chi connectivity index (χ0n) is 18.8. The minimum Gasteiger partial charge on any atom is -0.366 e. The molecule has 3 aliphatic rings. The molecular formula is C23H27ClN6O4. The molecule has 1 aromatic heterocycles. The van der Waals surface area contributed by atoms with Gasteiger partial charge in [-0.1, -0.05) is 25.8 Å². The third-order valence-corrected chi connectivity index (χ3v) is 7.60. The number of nitrogens with zero attached hydrogens (tertiary/aromatic N) is 5. The van der Waals surface area contributed by atoms with Gasteiger partial charge in [-0.05, 0) is 53.3 Å². The van der Waals surface area contributed by atoms with E-state index in [2.05, 4.69) is 27.8 Å². The second-order valence-electron chi connectivity index (χ2n) is 9.47. The molecule has 0 spiro atoms. The number of ether oxygens (including phenoxy) is 1. The fourth-order valence-corrected chi connectivity index (χ4v) is 5.66. The number of carbonyl (C=O) groups excluding carboxylic acids is 3. The van der Waals surface area contributed by atoms with E-state index in [0.29, 0.717) is 17.2 Å². The topological polar surface area (TPSA) is 119 Å².